The Morgan fingerprint density at radius 2 is 1.82 bits per heavy atom. The second-order valence-corrected chi connectivity index (χ2v) is 8.10. The van der Waals surface area contributed by atoms with Crippen LogP contribution in [0.5, 0.6) is 0 Å². The zero-order valence-corrected chi connectivity index (χ0v) is 15.1. The first-order chi connectivity index (χ1) is 9.92. The minimum absolute atomic E-state index is 0.0289. The van der Waals surface area contributed by atoms with Crippen LogP contribution in [0.1, 0.15) is 46.5 Å². The third kappa shape index (κ3) is 10.1. The third-order valence-corrected chi connectivity index (χ3v) is 4.15. The number of rotatable bonds is 5. The number of quaternary nitrogens is 1. The van der Waals surface area contributed by atoms with Crippen LogP contribution in [0, 0.1) is 17.8 Å². The van der Waals surface area contributed by atoms with E-state index in [-0.39, 0.29) is 12.5 Å². The van der Waals surface area contributed by atoms with Crippen LogP contribution < -0.4 is 5.11 Å². The summed E-state index contributed by atoms with van der Waals surface area (Å²) in [6.45, 7) is 7.08. The number of aliphatic hydroxyl groups excluding tert-OH is 2. The van der Waals surface area contributed by atoms with E-state index in [0.717, 1.165) is 12.3 Å². The van der Waals surface area contributed by atoms with Gasteiger partial charge in [-0.05, 0) is 30.6 Å². The number of hydrogen-bond donors (Lipinski definition) is 2. The van der Waals surface area contributed by atoms with Crippen LogP contribution in [-0.2, 0) is 4.79 Å². The second kappa shape index (κ2) is 9.48. The SMILES string of the molecule is CC1CCC(C(C)C)C(O)C1.C[N+](C)(C)CC(O)CC(=O)[O-]. The van der Waals surface area contributed by atoms with Gasteiger partial charge in [0.2, 0.25) is 0 Å². The molecule has 5 nitrogen and oxygen atoms in total. The van der Waals surface area contributed by atoms with Crippen LogP contribution in [0.15, 0.2) is 0 Å². The normalized spacial score (nSPS) is 27.0. The number of aliphatic hydroxyl groups is 2. The van der Waals surface area contributed by atoms with Crippen molar-refractivity contribution in [1.29, 1.82) is 0 Å². The van der Waals surface area contributed by atoms with Gasteiger partial charge in [0.15, 0.2) is 0 Å². The second-order valence-electron chi connectivity index (χ2n) is 8.10. The lowest BCUT2D eigenvalue weighted by molar-refractivity contribution is -0.873. The highest BCUT2D eigenvalue weighted by atomic mass is 16.4. The van der Waals surface area contributed by atoms with Crippen molar-refractivity contribution in [3.8, 4) is 0 Å². The summed E-state index contributed by atoms with van der Waals surface area (Å²) in [5.41, 5.74) is 0. The lowest BCUT2D eigenvalue weighted by Gasteiger charge is -2.33. The molecule has 4 unspecified atom stereocenters. The zero-order valence-electron chi connectivity index (χ0n) is 15.1. The van der Waals surface area contributed by atoms with Crippen LogP contribution in [0.2, 0.25) is 0 Å². The maximum absolute atomic E-state index is 10.0. The van der Waals surface area contributed by atoms with Crippen molar-refractivity contribution in [3.63, 3.8) is 0 Å². The van der Waals surface area contributed by atoms with E-state index >= 15 is 0 Å². The predicted octanol–water partition coefficient (Wildman–Crippen LogP) is 0.633. The topological polar surface area (TPSA) is 80.6 Å². The Labute approximate surface area is 135 Å². The lowest BCUT2D eigenvalue weighted by Crippen LogP contribution is -2.43. The highest BCUT2D eigenvalue weighted by molar-refractivity contribution is 5.64. The lowest BCUT2D eigenvalue weighted by atomic mass is 9.75. The monoisotopic (exact) mass is 317 g/mol. The molecule has 1 aliphatic rings. The Kier molecular flexibility index (Phi) is 9.20. The molecule has 0 aromatic rings. The first-order valence-corrected chi connectivity index (χ1v) is 8.28. The Balaban J connectivity index is 0.000000401. The van der Waals surface area contributed by atoms with Crippen LogP contribution >= 0.6 is 0 Å². The highest BCUT2D eigenvalue weighted by Gasteiger charge is 2.28. The summed E-state index contributed by atoms with van der Waals surface area (Å²) >= 11 is 0. The van der Waals surface area contributed by atoms with Gasteiger partial charge in [0.1, 0.15) is 12.6 Å². The molecule has 0 bridgehead atoms. The average Bonchev–Trinajstić information content (AvgIpc) is 2.24. The van der Waals surface area contributed by atoms with Gasteiger partial charge in [0.25, 0.3) is 0 Å². The zero-order chi connectivity index (χ0) is 17.5. The summed E-state index contributed by atoms with van der Waals surface area (Å²) in [6, 6.07) is 0. The van der Waals surface area contributed by atoms with Gasteiger partial charge in [-0.15, -0.1) is 0 Å². The molecule has 0 heterocycles. The smallest absolute Gasteiger partial charge is 0.108 e. The van der Waals surface area contributed by atoms with E-state index in [1.807, 2.05) is 21.1 Å². The molecule has 0 spiro atoms. The summed E-state index contributed by atoms with van der Waals surface area (Å²) in [5, 5.41) is 28.8. The van der Waals surface area contributed by atoms with Gasteiger partial charge in [-0.25, -0.2) is 0 Å². The number of carbonyl (C=O) groups excluding carboxylic acids is 1. The standard InChI is InChI=1S/C10H20O.C7H15NO3/c1-7(2)9-5-4-8(3)6-10(9)11;1-8(2,3)5-6(9)4-7(10)11/h7-11H,4-6H2,1-3H3;6,9H,4-5H2,1-3H3. The molecular weight excluding hydrogens is 282 g/mol. The summed E-state index contributed by atoms with van der Waals surface area (Å²) in [6.07, 6.45) is 2.43. The molecule has 0 saturated heterocycles. The average molecular weight is 317 g/mol. The van der Waals surface area contributed by atoms with Gasteiger partial charge in [-0.2, -0.15) is 0 Å². The Bertz CT molecular complexity index is 325. The van der Waals surface area contributed by atoms with Crippen molar-refractivity contribution in [1.82, 2.24) is 0 Å². The Morgan fingerprint density at radius 1 is 1.27 bits per heavy atom. The van der Waals surface area contributed by atoms with E-state index < -0.39 is 12.1 Å². The van der Waals surface area contributed by atoms with Crippen molar-refractivity contribution in [2.75, 3.05) is 27.7 Å². The number of carboxylic acids is 1. The summed E-state index contributed by atoms with van der Waals surface area (Å²) in [7, 11) is 5.66. The number of aliphatic carboxylic acids is 1. The molecule has 4 atom stereocenters. The number of nitrogens with zero attached hydrogens (tertiary/aromatic N) is 1. The van der Waals surface area contributed by atoms with Gasteiger partial charge < -0.3 is 24.6 Å². The number of carbonyl (C=O) groups is 1. The molecular formula is C17H35NO4. The molecule has 1 aliphatic carbocycles. The molecule has 1 saturated carbocycles. The van der Waals surface area contributed by atoms with Gasteiger partial charge >= 0.3 is 0 Å². The van der Waals surface area contributed by atoms with Crippen molar-refractivity contribution >= 4 is 5.97 Å². The van der Waals surface area contributed by atoms with E-state index in [0.29, 0.717) is 22.9 Å². The third-order valence-electron chi connectivity index (χ3n) is 4.15. The summed E-state index contributed by atoms with van der Waals surface area (Å²) in [4.78, 5) is 10.0. The fourth-order valence-corrected chi connectivity index (χ4v) is 3.04. The van der Waals surface area contributed by atoms with Gasteiger partial charge in [-0.1, -0.05) is 27.2 Å². The van der Waals surface area contributed by atoms with Crippen LogP contribution in [0.3, 0.4) is 0 Å². The maximum atomic E-state index is 10.0. The van der Waals surface area contributed by atoms with E-state index in [4.69, 9.17) is 5.11 Å². The summed E-state index contributed by atoms with van der Waals surface area (Å²) in [5.74, 6) is 0.745. The predicted molar refractivity (Wildman–Crippen MR) is 85.9 cm³/mol. The highest BCUT2D eigenvalue weighted by Crippen LogP contribution is 2.33. The molecule has 1 rings (SSSR count). The van der Waals surface area contributed by atoms with Gasteiger partial charge in [0.05, 0.1) is 27.2 Å². The molecule has 2 N–H and O–H groups in total. The van der Waals surface area contributed by atoms with Crippen molar-refractivity contribution in [2.45, 2.75) is 58.7 Å². The van der Waals surface area contributed by atoms with Crippen molar-refractivity contribution in [2.24, 2.45) is 17.8 Å². The van der Waals surface area contributed by atoms with E-state index in [9.17, 15) is 15.0 Å². The quantitative estimate of drug-likeness (QED) is 0.729. The van der Waals surface area contributed by atoms with E-state index in [1.165, 1.54) is 12.8 Å². The molecule has 0 aromatic heterocycles. The molecule has 0 amide bonds. The number of hydrogen-bond acceptors (Lipinski definition) is 4. The Morgan fingerprint density at radius 3 is 2.18 bits per heavy atom. The molecule has 132 valence electrons. The van der Waals surface area contributed by atoms with Crippen LogP contribution in [-0.4, -0.2) is 60.6 Å². The van der Waals surface area contributed by atoms with Crippen molar-refractivity contribution < 1.29 is 24.6 Å². The molecule has 0 aromatic carbocycles. The van der Waals surface area contributed by atoms with E-state index in [1.54, 1.807) is 0 Å². The number of likely N-dealkylation sites (N-methyl/N-ethyl adjacent to an activating group) is 1. The molecule has 1 fully saturated rings. The minimum atomic E-state index is -1.20. The van der Waals surface area contributed by atoms with Crippen LogP contribution in [0.25, 0.3) is 0 Å². The number of carboxylic acid groups (broad SMARTS) is 1. The fraction of sp³-hybridized carbons (Fsp3) is 0.941. The minimum Gasteiger partial charge on any atom is -0.550 e. The fourth-order valence-electron chi connectivity index (χ4n) is 3.04. The van der Waals surface area contributed by atoms with Crippen molar-refractivity contribution in [3.05, 3.63) is 0 Å². The molecule has 22 heavy (non-hydrogen) atoms. The largest absolute Gasteiger partial charge is 0.550 e. The van der Waals surface area contributed by atoms with Gasteiger partial charge in [-0.3, -0.25) is 0 Å². The first-order valence-electron chi connectivity index (χ1n) is 8.28. The van der Waals surface area contributed by atoms with Gasteiger partial charge in [0, 0.05) is 12.4 Å². The molecule has 5 heteroatoms. The molecule has 0 radical (unpaired) electrons. The molecule has 0 aliphatic heterocycles. The summed E-state index contributed by atoms with van der Waals surface area (Å²) < 4.78 is 0.550. The van der Waals surface area contributed by atoms with E-state index in [2.05, 4.69) is 20.8 Å². The Hall–Kier alpha value is -0.650. The first kappa shape index (κ1) is 21.4. The van der Waals surface area contributed by atoms with Crippen LogP contribution in [0.4, 0.5) is 0 Å². The maximum Gasteiger partial charge on any atom is 0.108 e.